The normalized spacial score (nSPS) is 12.1. The van der Waals surface area contributed by atoms with Crippen LogP contribution in [0.3, 0.4) is 0 Å². The average Bonchev–Trinajstić information content (AvgIpc) is 3.00. The van der Waals surface area contributed by atoms with Gasteiger partial charge in [0.1, 0.15) is 5.69 Å². The number of anilines is 1. The van der Waals surface area contributed by atoms with E-state index in [2.05, 4.69) is 29.6 Å². The van der Waals surface area contributed by atoms with Crippen molar-refractivity contribution < 1.29 is 0 Å². The van der Waals surface area contributed by atoms with Crippen molar-refractivity contribution in [3.63, 3.8) is 0 Å². The highest BCUT2D eigenvalue weighted by atomic mass is 32.1. The molecule has 0 aliphatic rings. The molecule has 0 atom stereocenters. The van der Waals surface area contributed by atoms with E-state index >= 15 is 0 Å². The van der Waals surface area contributed by atoms with Gasteiger partial charge in [-0.2, -0.15) is 9.36 Å². The molecule has 3 heterocycles. The summed E-state index contributed by atoms with van der Waals surface area (Å²) in [6.07, 6.45) is 5.40. The molecule has 0 radical (unpaired) electrons. The molecule has 0 fully saturated rings. The van der Waals surface area contributed by atoms with Crippen molar-refractivity contribution in [3.05, 3.63) is 30.6 Å². The number of nitrogens with zero attached hydrogens (tertiary/aromatic N) is 5. The molecular formula is C16H18N6S. The SMILES string of the molecule is CC/N=C\C(C)(C)Nc1nsc(-c2cc3cccnc3cn2)n1. The van der Waals surface area contributed by atoms with Gasteiger partial charge in [-0.25, -0.2) is 0 Å². The van der Waals surface area contributed by atoms with E-state index in [0.717, 1.165) is 28.1 Å². The van der Waals surface area contributed by atoms with Gasteiger partial charge in [-0.3, -0.25) is 15.0 Å². The van der Waals surface area contributed by atoms with E-state index in [1.54, 1.807) is 12.4 Å². The van der Waals surface area contributed by atoms with Crippen LogP contribution in [0.4, 0.5) is 5.95 Å². The Morgan fingerprint density at radius 1 is 1.35 bits per heavy atom. The lowest BCUT2D eigenvalue weighted by molar-refractivity contribution is 0.761. The summed E-state index contributed by atoms with van der Waals surface area (Å²) < 4.78 is 4.37. The molecule has 0 unspecified atom stereocenters. The molecule has 0 saturated carbocycles. The van der Waals surface area contributed by atoms with Gasteiger partial charge in [-0.15, -0.1) is 0 Å². The second-order valence-electron chi connectivity index (χ2n) is 5.66. The number of hydrogen-bond donors (Lipinski definition) is 1. The summed E-state index contributed by atoms with van der Waals surface area (Å²) in [6, 6.07) is 5.91. The van der Waals surface area contributed by atoms with Crippen LogP contribution in [0, 0.1) is 0 Å². The Balaban J connectivity index is 1.84. The zero-order valence-electron chi connectivity index (χ0n) is 13.3. The predicted octanol–water partition coefficient (Wildman–Crippen LogP) is 3.43. The van der Waals surface area contributed by atoms with Gasteiger partial charge in [0, 0.05) is 24.3 Å². The van der Waals surface area contributed by atoms with Crippen LogP contribution in [0.25, 0.3) is 21.6 Å². The molecule has 3 aromatic rings. The van der Waals surface area contributed by atoms with Crippen molar-refractivity contribution in [3.8, 4) is 10.7 Å². The molecule has 6 nitrogen and oxygen atoms in total. The molecular weight excluding hydrogens is 308 g/mol. The molecule has 23 heavy (non-hydrogen) atoms. The summed E-state index contributed by atoms with van der Waals surface area (Å²) in [5.74, 6) is 0.589. The van der Waals surface area contributed by atoms with Gasteiger partial charge in [-0.1, -0.05) is 6.07 Å². The maximum absolute atomic E-state index is 4.53. The van der Waals surface area contributed by atoms with Crippen LogP contribution in [0.2, 0.25) is 0 Å². The van der Waals surface area contributed by atoms with Gasteiger partial charge >= 0.3 is 0 Å². The summed E-state index contributed by atoms with van der Waals surface area (Å²) >= 11 is 1.32. The fraction of sp³-hybridized carbons (Fsp3) is 0.312. The predicted molar refractivity (Wildman–Crippen MR) is 95.2 cm³/mol. The highest BCUT2D eigenvalue weighted by molar-refractivity contribution is 7.09. The summed E-state index contributed by atoms with van der Waals surface area (Å²) in [7, 11) is 0. The summed E-state index contributed by atoms with van der Waals surface area (Å²) in [4.78, 5) is 17.5. The summed E-state index contributed by atoms with van der Waals surface area (Å²) in [5, 5.41) is 5.10. The minimum absolute atomic E-state index is 0.297. The highest BCUT2D eigenvalue weighted by Gasteiger charge is 2.17. The fourth-order valence-electron chi connectivity index (χ4n) is 2.11. The number of aromatic nitrogens is 4. The van der Waals surface area contributed by atoms with Crippen LogP contribution >= 0.6 is 11.5 Å². The Kier molecular flexibility index (Phi) is 4.29. The second-order valence-corrected chi connectivity index (χ2v) is 6.42. The van der Waals surface area contributed by atoms with E-state index in [4.69, 9.17) is 0 Å². The van der Waals surface area contributed by atoms with Crippen molar-refractivity contribution >= 4 is 34.6 Å². The Morgan fingerprint density at radius 3 is 3.04 bits per heavy atom. The smallest absolute Gasteiger partial charge is 0.235 e. The first-order valence-corrected chi connectivity index (χ1v) is 8.19. The van der Waals surface area contributed by atoms with Crippen LogP contribution in [-0.2, 0) is 0 Å². The van der Waals surface area contributed by atoms with Crippen molar-refractivity contribution in [1.29, 1.82) is 0 Å². The van der Waals surface area contributed by atoms with E-state index < -0.39 is 0 Å². The Hall–Kier alpha value is -2.41. The maximum atomic E-state index is 4.53. The van der Waals surface area contributed by atoms with Crippen LogP contribution in [-0.4, -0.2) is 37.6 Å². The van der Waals surface area contributed by atoms with E-state index in [0.29, 0.717) is 5.95 Å². The molecule has 7 heteroatoms. The quantitative estimate of drug-likeness (QED) is 0.727. The Labute approximate surface area is 138 Å². The van der Waals surface area contributed by atoms with Gasteiger partial charge in [-0.05, 0) is 44.4 Å². The Morgan fingerprint density at radius 2 is 2.22 bits per heavy atom. The summed E-state index contributed by atoms with van der Waals surface area (Å²) in [6.45, 7) is 6.83. The molecule has 118 valence electrons. The van der Waals surface area contributed by atoms with Gasteiger partial charge in [0.15, 0.2) is 5.01 Å². The Bertz CT molecular complexity index is 839. The minimum Gasteiger partial charge on any atom is -0.344 e. The van der Waals surface area contributed by atoms with Gasteiger partial charge < -0.3 is 5.32 Å². The topological polar surface area (TPSA) is 76.0 Å². The monoisotopic (exact) mass is 326 g/mol. The van der Waals surface area contributed by atoms with Crippen LogP contribution in [0.15, 0.2) is 35.6 Å². The van der Waals surface area contributed by atoms with Gasteiger partial charge in [0.05, 0.1) is 17.3 Å². The van der Waals surface area contributed by atoms with Crippen LogP contribution in [0.5, 0.6) is 0 Å². The van der Waals surface area contributed by atoms with Crippen molar-refractivity contribution in [2.45, 2.75) is 26.3 Å². The van der Waals surface area contributed by atoms with E-state index in [9.17, 15) is 0 Å². The zero-order chi connectivity index (χ0) is 16.3. The second kappa shape index (κ2) is 6.37. The molecule has 0 amide bonds. The van der Waals surface area contributed by atoms with Crippen molar-refractivity contribution in [2.24, 2.45) is 4.99 Å². The number of fused-ring (bicyclic) bond motifs is 1. The lowest BCUT2D eigenvalue weighted by Gasteiger charge is -2.19. The third-order valence-corrected chi connectivity index (χ3v) is 3.90. The van der Waals surface area contributed by atoms with Crippen molar-refractivity contribution in [1.82, 2.24) is 19.3 Å². The lowest BCUT2D eigenvalue weighted by atomic mass is 10.1. The number of aliphatic imine (C=N–C) groups is 1. The fourth-order valence-corrected chi connectivity index (χ4v) is 2.70. The first kappa shape index (κ1) is 15.5. The maximum Gasteiger partial charge on any atom is 0.235 e. The third-order valence-electron chi connectivity index (χ3n) is 3.17. The van der Waals surface area contributed by atoms with Crippen LogP contribution < -0.4 is 5.32 Å². The van der Waals surface area contributed by atoms with Gasteiger partial charge in [0.2, 0.25) is 5.95 Å². The number of hydrogen-bond acceptors (Lipinski definition) is 7. The highest BCUT2D eigenvalue weighted by Crippen LogP contribution is 2.24. The zero-order valence-corrected chi connectivity index (χ0v) is 14.1. The summed E-state index contributed by atoms with van der Waals surface area (Å²) in [5.41, 5.74) is 1.38. The number of nitrogens with one attached hydrogen (secondary N) is 1. The molecule has 0 aromatic carbocycles. The standard InChI is InChI=1S/C16H18N6S/c1-4-17-10-16(2,3)21-15-20-14(23-22-15)12-8-11-6-5-7-18-13(11)9-19-12/h5-10H,4H2,1-3H3,(H,21,22)/b17-10-. The van der Waals surface area contributed by atoms with Gasteiger partial charge in [0.25, 0.3) is 0 Å². The molecule has 1 N–H and O–H groups in total. The first-order valence-electron chi connectivity index (χ1n) is 7.41. The third kappa shape index (κ3) is 3.68. The molecule has 3 aromatic heterocycles. The number of pyridine rings is 2. The lowest BCUT2D eigenvalue weighted by Crippen LogP contribution is -2.33. The molecule has 0 aliphatic heterocycles. The first-order chi connectivity index (χ1) is 11.1. The molecule has 0 saturated heterocycles. The minimum atomic E-state index is -0.297. The van der Waals surface area contributed by atoms with E-state index in [-0.39, 0.29) is 5.54 Å². The molecule has 0 bridgehead atoms. The largest absolute Gasteiger partial charge is 0.344 e. The van der Waals surface area contributed by atoms with E-state index in [1.165, 1.54) is 11.5 Å². The number of rotatable bonds is 5. The molecule has 0 aliphatic carbocycles. The van der Waals surface area contributed by atoms with Crippen LogP contribution in [0.1, 0.15) is 20.8 Å². The average molecular weight is 326 g/mol. The van der Waals surface area contributed by atoms with Crippen molar-refractivity contribution in [2.75, 3.05) is 11.9 Å². The van der Waals surface area contributed by atoms with E-state index in [1.807, 2.05) is 45.2 Å². The molecule has 0 spiro atoms. The molecule has 3 rings (SSSR count).